The van der Waals surface area contributed by atoms with Crippen LogP contribution in [0.4, 0.5) is 0 Å². The topological polar surface area (TPSA) is 77.6 Å². The minimum Gasteiger partial charge on any atom is -0.493 e. The van der Waals surface area contributed by atoms with Crippen molar-refractivity contribution in [3.8, 4) is 11.5 Å². The van der Waals surface area contributed by atoms with Crippen molar-refractivity contribution in [2.45, 2.75) is 25.7 Å². The molecule has 148 valence electrons. The number of nitrogens with zero attached hydrogens (tertiary/aromatic N) is 5. The van der Waals surface area contributed by atoms with E-state index in [0.29, 0.717) is 11.5 Å². The number of imidazole rings is 1. The Morgan fingerprint density at radius 2 is 1.96 bits per heavy atom. The Balaban J connectivity index is 1.48. The van der Waals surface area contributed by atoms with Gasteiger partial charge in [0.1, 0.15) is 5.82 Å². The van der Waals surface area contributed by atoms with Crippen LogP contribution in [-0.4, -0.2) is 50.1 Å². The van der Waals surface area contributed by atoms with Gasteiger partial charge in [-0.15, -0.1) is 0 Å². The van der Waals surface area contributed by atoms with E-state index >= 15 is 0 Å². The van der Waals surface area contributed by atoms with E-state index in [-0.39, 0.29) is 0 Å². The van der Waals surface area contributed by atoms with Crippen molar-refractivity contribution in [2.75, 3.05) is 20.8 Å². The average Bonchev–Trinajstić information content (AvgIpc) is 3.33. The van der Waals surface area contributed by atoms with Crippen LogP contribution in [0, 0.1) is 0 Å². The van der Waals surface area contributed by atoms with Gasteiger partial charge in [0.25, 0.3) is 0 Å². The van der Waals surface area contributed by atoms with Crippen LogP contribution in [0.1, 0.15) is 28.9 Å². The first-order valence-electron chi connectivity index (χ1n) is 9.24. The Kier molecular flexibility index (Phi) is 5.06. The number of hydrogen-bond donors (Lipinski definition) is 1. The number of aliphatic hydroxyl groups is 1. The van der Waals surface area contributed by atoms with Crippen LogP contribution in [0.25, 0.3) is 0 Å². The smallest absolute Gasteiger partial charge is 0.161 e. The van der Waals surface area contributed by atoms with Gasteiger partial charge in [0, 0.05) is 39.1 Å². The molecule has 0 saturated heterocycles. The third-order valence-corrected chi connectivity index (χ3v) is 5.13. The van der Waals surface area contributed by atoms with Gasteiger partial charge in [-0.3, -0.25) is 9.58 Å². The van der Waals surface area contributed by atoms with Crippen molar-refractivity contribution in [1.82, 2.24) is 24.2 Å². The highest BCUT2D eigenvalue weighted by Crippen LogP contribution is 2.29. The molecule has 0 amide bonds. The summed E-state index contributed by atoms with van der Waals surface area (Å²) in [6, 6.07) is 7.98. The molecule has 1 N–H and O–H groups in total. The highest BCUT2D eigenvalue weighted by molar-refractivity contribution is 5.42. The summed E-state index contributed by atoms with van der Waals surface area (Å²) in [7, 11) is 5.15. The van der Waals surface area contributed by atoms with Crippen LogP contribution in [0.2, 0.25) is 0 Å². The molecule has 0 radical (unpaired) electrons. The van der Waals surface area contributed by atoms with E-state index in [0.717, 1.165) is 43.4 Å². The Morgan fingerprint density at radius 1 is 1.14 bits per heavy atom. The fourth-order valence-electron chi connectivity index (χ4n) is 3.62. The van der Waals surface area contributed by atoms with Crippen LogP contribution in [0.3, 0.4) is 0 Å². The van der Waals surface area contributed by atoms with Crippen LogP contribution in [-0.2, 0) is 26.7 Å². The molecule has 1 aromatic carbocycles. The minimum atomic E-state index is -0.822. The number of benzene rings is 1. The largest absolute Gasteiger partial charge is 0.493 e. The van der Waals surface area contributed by atoms with E-state index in [1.165, 1.54) is 5.56 Å². The minimum absolute atomic E-state index is 0.595. The molecular weight excluding hydrogens is 358 g/mol. The number of aryl methyl sites for hydroxylation is 1. The Labute approximate surface area is 163 Å². The van der Waals surface area contributed by atoms with Crippen molar-refractivity contribution in [2.24, 2.45) is 7.05 Å². The first kappa shape index (κ1) is 18.5. The number of aliphatic hydroxyl groups excluding tert-OH is 1. The zero-order valence-electron chi connectivity index (χ0n) is 16.4. The second-order valence-corrected chi connectivity index (χ2v) is 6.98. The van der Waals surface area contributed by atoms with Crippen LogP contribution in [0.5, 0.6) is 11.5 Å². The van der Waals surface area contributed by atoms with E-state index < -0.39 is 6.10 Å². The molecule has 28 heavy (non-hydrogen) atoms. The monoisotopic (exact) mass is 383 g/mol. The van der Waals surface area contributed by atoms with Gasteiger partial charge in [-0.1, -0.05) is 6.07 Å². The van der Waals surface area contributed by atoms with Gasteiger partial charge in [0.2, 0.25) is 0 Å². The van der Waals surface area contributed by atoms with Gasteiger partial charge >= 0.3 is 0 Å². The van der Waals surface area contributed by atoms with Crippen LogP contribution >= 0.6 is 0 Å². The summed E-state index contributed by atoms with van der Waals surface area (Å²) >= 11 is 0. The van der Waals surface area contributed by atoms with Crippen molar-refractivity contribution < 1.29 is 14.6 Å². The lowest BCUT2D eigenvalue weighted by atomic mass is 10.1. The molecule has 0 spiro atoms. The summed E-state index contributed by atoms with van der Waals surface area (Å²) in [6.07, 6.45) is 2.68. The number of hydrogen-bond acceptors (Lipinski definition) is 6. The van der Waals surface area contributed by atoms with Crippen molar-refractivity contribution in [1.29, 1.82) is 0 Å². The number of fused-ring (bicyclic) bond motifs is 1. The summed E-state index contributed by atoms with van der Waals surface area (Å²) in [6.45, 7) is 3.26. The predicted octanol–water partition coefficient (Wildman–Crippen LogP) is 1.73. The Morgan fingerprint density at radius 3 is 2.68 bits per heavy atom. The fraction of sp³-hybridized carbons (Fsp3) is 0.400. The lowest BCUT2D eigenvalue weighted by molar-refractivity contribution is 0.194. The molecule has 0 saturated carbocycles. The fourth-order valence-corrected chi connectivity index (χ4v) is 3.62. The normalized spacial score (nSPS) is 15.3. The van der Waals surface area contributed by atoms with Crippen molar-refractivity contribution >= 4 is 0 Å². The molecule has 3 heterocycles. The van der Waals surface area contributed by atoms with Gasteiger partial charge in [0.05, 0.1) is 32.2 Å². The maximum atomic E-state index is 10.6. The molecule has 0 bridgehead atoms. The third kappa shape index (κ3) is 3.48. The second kappa shape index (κ2) is 7.65. The molecule has 0 fully saturated rings. The Bertz CT molecular complexity index is 965. The van der Waals surface area contributed by atoms with E-state index in [4.69, 9.17) is 9.47 Å². The van der Waals surface area contributed by atoms with Gasteiger partial charge in [0.15, 0.2) is 17.6 Å². The lowest BCUT2D eigenvalue weighted by Crippen LogP contribution is -2.33. The maximum absolute atomic E-state index is 10.6. The summed E-state index contributed by atoms with van der Waals surface area (Å²) < 4.78 is 14.5. The summed E-state index contributed by atoms with van der Waals surface area (Å²) in [5.41, 5.74) is 2.89. The predicted molar refractivity (Wildman–Crippen MR) is 103 cm³/mol. The molecule has 3 aromatic rings. The molecule has 0 aliphatic carbocycles. The van der Waals surface area contributed by atoms with E-state index in [1.807, 2.05) is 40.7 Å². The van der Waals surface area contributed by atoms with E-state index in [9.17, 15) is 5.11 Å². The molecule has 1 aliphatic heterocycles. The van der Waals surface area contributed by atoms with E-state index in [2.05, 4.69) is 21.0 Å². The van der Waals surface area contributed by atoms with E-state index in [1.54, 1.807) is 20.4 Å². The van der Waals surface area contributed by atoms with Crippen LogP contribution < -0.4 is 9.47 Å². The van der Waals surface area contributed by atoms with Gasteiger partial charge in [-0.25, -0.2) is 4.98 Å². The molecule has 2 aromatic heterocycles. The second-order valence-electron chi connectivity index (χ2n) is 6.98. The molecule has 1 atom stereocenters. The first-order valence-corrected chi connectivity index (χ1v) is 9.24. The van der Waals surface area contributed by atoms with Crippen LogP contribution in [0.15, 0.2) is 36.7 Å². The van der Waals surface area contributed by atoms with Gasteiger partial charge < -0.3 is 19.1 Å². The van der Waals surface area contributed by atoms with Gasteiger partial charge in [-0.2, -0.15) is 5.10 Å². The molecule has 1 aliphatic rings. The SMILES string of the molecule is COc1ccc(CN2CCn3nc([C@H](O)c4nccn4C)cc3C2)cc1OC. The number of rotatable bonds is 6. The van der Waals surface area contributed by atoms with Crippen molar-refractivity contribution in [3.63, 3.8) is 0 Å². The molecule has 4 rings (SSSR count). The molecule has 0 unspecified atom stereocenters. The molecular formula is C20H25N5O3. The quantitative estimate of drug-likeness (QED) is 0.699. The standard InChI is InChI=1S/C20H25N5O3/c1-23-7-6-21-20(23)19(26)16-11-15-13-24(8-9-25(15)22-16)12-14-4-5-17(27-2)18(10-14)28-3/h4-7,10-11,19,26H,8-9,12-13H2,1-3H3/t19-/m0/s1. The number of methoxy groups -OCH3 is 2. The summed E-state index contributed by atoms with van der Waals surface area (Å²) in [5.74, 6) is 2.07. The molecule has 8 nitrogen and oxygen atoms in total. The zero-order valence-corrected chi connectivity index (χ0v) is 16.4. The van der Waals surface area contributed by atoms with Gasteiger partial charge in [-0.05, 0) is 23.8 Å². The average molecular weight is 383 g/mol. The number of aromatic nitrogens is 4. The highest BCUT2D eigenvalue weighted by atomic mass is 16.5. The highest BCUT2D eigenvalue weighted by Gasteiger charge is 2.24. The lowest BCUT2D eigenvalue weighted by Gasteiger charge is -2.27. The maximum Gasteiger partial charge on any atom is 0.161 e. The third-order valence-electron chi connectivity index (χ3n) is 5.13. The first-order chi connectivity index (χ1) is 13.6. The number of ether oxygens (including phenoxy) is 2. The zero-order chi connectivity index (χ0) is 19.7. The molecule has 8 heteroatoms. The van der Waals surface area contributed by atoms with Crippen molar-refractivity contribution in [3.05, 3.63) is 59.4 Å². The Hall–Kier alpha value is -2.84. The summed E-state index contributed by atoms with van der Waals surface area (Å²) in [4.78, 5) is 6.59. The summed E-state index contributed by atoms with van der Waals surface area (Å²) in [5, 5.41) is 15.2.